The maximum atomic E-state index is 4.03. The molecule has 0 bridgehead atoms. The van der Waals surface area contributed by atoms with Gasteiger partial charge in [0.05, 0.1) is 6.20 Å². The van der Waals surface area contributed by atoms with Crippen LogP contribution >= 0.6 is 11.8 Å². The first-order valence-corrected chi connectivity index (χ1v) is 3.35. The van der Waals surface area contributed by atoms with E-state index in [-0.39, 0.29) is 0 Å². The fraction of sp³-hybridized carbons (Fsp3) is 0. The van der Waals surface area contributed by atoms with E-state index in [1.807, 2.05) is 0 Å². The standard InChI is InChI=1S/C5H3N3S/c1-2-7-5-4(6-1)8-3-9-5/h1-3H/q+1. The Morgan fingerprint density at radius 2 is 2.22 bits per heavy atom. The van der Waals surface area contributed by atoms with E-state index >= 15 is 0 Å². The lowest BCUT2D eigenvalue weighted by molar-refractivity contribution is 1.03. The molecule has 1 aliphatic rings. The minimum atomic E-state index is 0.738. The normalized spacial score (nSPS) is 13.8. The number of thioether (sulfide) groups is 1. The molecule has 0 aromatic carbocycles. The zero-order valence-electron chi connectivity index (χ0n) is 4.48. The predicted molar refractivity (Wildman–Crippen MR) is 35.7 cm³/mol. The monoisotopic (exact) mass is 137 g/mol. The highest BCUT2D eigenvalue weighted by molar-refractivity contribution is 8.12. The van der Waals surface area contributed by atoms with Gasteiger partial charge in [-0.1, -0.05) is 0 Å². The minimum absolute atomic E-state index is 0.738. The third kappa shape index (κ3) is 0.712. The number of fused-ring (bicyclic) bond motifs is 1. The van der Waals surface area contributed by atoms with Crippen LogP contribution in [-0.2, 0) is 0 Å². The summed E-state index contributed by atoms with van der Waals surface area (Å²) >= 11 is 1.50. The molecule has 0 unspecified atom stereocenters. The van der Waals surface area contributed by atoms with Crippen molar-refractivity contribution in [2.45, 2.75) is 5.03 Å². The number of rotatable bonds is 0. The average Bonchev–Trinajstić information content (AvgIpc) is 2.33. The van der Waals surface area contributed by atoms with E-state index in [1.165, 1.54) is 11.8 Å². The molecule has 3 nitrogen and oxygen atoms in total. The fourth-order valence-electron chi connectivity index (χ4n) is 0.616. The summed E-state index contributed by atoms with van der Waals surface area (Å²) in [5.74, 6) is 0.738. The fourth-order valence-corrected chi connectivity index (χ4v) is 1.20. The van der Waals surface area contributed by atoms with Gasteiger partial charge in [-0.05, 0) is 21.7 Å². The molecule has 0 spiro atoms. The smallest absolute Gasteiger partial charge is 0.237 e. The van der Waals surface area contributed by atoms with Crippen molar-refractivity contribution >= 4 is 23.1 Å². The van der Waals surface area contributed by atoms with Crippen LogP contribution in [-0.4, -0.2) is 15.5 Å². The summed E-state index contributed by atoms with van der Waals surface area (Å²) in [6.07, 6.45) is 3.31. The van der Waals surface area contributed by atoms with E-state index in [1.54, 1.807) is 17.9 Å². The van der Waals surface area contributed by atoms with Crippen LogP contribution in [0.25, 0.3) is 0 Å². The molecular weight excluding hydrogens is 134 g/mol. The molecule has 0 atom stereocenters. The molecule has 1 radical (unpaired) electrons. The first kappa shape index (κ1) is 4.93. The Hall–Kier alpha value is -0.900. The van der Waals surface area contributed by atoms with Crippen molar-refractivity contribution in [2.75, 3.05) is 0 Å². The Labute approximate surface area is 56.2 Å². The highest BCUT2D eigenvalue weighted by Crippen LogP contribution is 2.23. The van der Waals surface area contributed by atoms with Crippen molar-refractivity contribution in [1.29, 1.82) is 0 Å². The number of aliphatic imine (C=N–C) groups is 1. The van der Waals surface area contributed by atoms with Crippen LogP contribution in [0.3, 0.4) is 0 Å². The van der Waals surface area contributed by atoms with Crippen molar-refractivity contribution in [3.05, 3.63) is 12.4 Å². The Morgan fingerprint density at radius 3 is 3.11 bits per heavy atom. The second kappa shape index (κ2) is 1.80. The molecule has 0 N–H and O–H groups in total. The number of nitrogens with zero attached hydrogens (tertiary/aromatic N) is 3. The highest BCUT2D eigenvalue weighted by atomic mass is 32.2. The van der Waals surface area contributed by atoms with Gasteiger partial charge in [-0.2, -0.15) is 0 Å². The number of aromatic nitrogens is 2. The molecule has 0 saturated heterocycles. The molecule has 1 aliphatic heterocycles. The lowest BCUT2D eigenvalue weighted by Crippen LogP contribution is -1.81. The molecule has 9 heavy (non-hydrogen) atoms. The summed E-state index contributed by atoms with van der Waals surface area (Å²) in [7, 11) is 0. The lowest BCUT2D eigenvalue weighted by Gasteiger charge is -1.78. The molecule has 43 valence electrons. The van der Waals surface area contributed by atoms with Gasteiger partial charge in [0.25, 0.3) is 0 Å². The topological polar surface area (TPSA) is 39.9 Å². The minimum Gasteiger partial charge on any atom is -0.237 e. The molecule has 0 fully saturated rings. The Morgan fingerprint density at radius 1 is 1.33 bits per heavy atom. The van der Waals surface area contributed by atoms with Crippen LogP contribution in [0.2, 0.25) is 0 Å². The highest BCUT2D eigenvalue weighted by Gasteiger charge is 2.18. The largest absolute Gasteiger partial charge is 0.397 e. The zero-order chi connectivity index (χ0) is 6.10. The molecular formula is C5H3N3S+. The molecule has 2 heterocycles. The third-order valence-corrected chi connectivity index (χ3v) is 1.71. The van der Waals surface area contributed by atoms with E-state index in [4.69, 9.17) is 0 Å². The van der Waals surface area contributed by atoms with E-state index in [0.717, 1.165) is 10.8 Å². The molecule has 4 heteroatoms. The van der Waals surface area contributed by atoms with Gasteiger partial charge in [0.15, 0.2) is 11.7 Å². The molecule has 2 rings (SSSR count). The van der Waals surface area contributed by atoms with E-state index in [9.17, 15) is 0 Å². The van der Waals surface area contributed by atoms with E-state index < -0.39 is 0 Å². The van der Waals surface area contributed by atoms with E-state index in [0.29, 0.717) is 0 Å². The quantitative estimate of drug-likeness (QED) is 0.525. The summed E-state index contributed by atoms with van der Waals surface area (Å²) in [6, 6.07) is 0. The third-order valence-electron chi connectivity index (χ3n) is 0.986. The summed E-state index contributed by atoms with van der Waals surface area (Å²) in [5.41, 5.74) is 1.74. The van der Waals surface area contributed by atoms with Crippen LogP contribution in [0.4, 0.5) is 5.82 Å². The molecule has 0 saturated carbocycles. The Balaban J connectivity index is 2.63. The van der Waals surface area contributed by atoms with Crippen molar-refractivity contribution in [3.8, 4) is 0 Å². The van der Waals surface area contributed by atoms with Gasteiger partial charge in [0, 0.05) is 0 Å². The molecule has 0 aliphatic carbocycles. The summed E-state index contributed by atoms with van der Waals surface area (Å²) < 4.78 is 0. The summed E-state index contributed by atoms with van der Waals surface area (Å²) in [5, 5.41) is 0.900. The second-order valence-corrected chi connectivity index (χ2v) is 2.37. The van der Waals surface area contributed by atoms with Crippen LogP contribution in [0.1, 0.15) is 0 Å². The van der Waals surface area contributed by atoms with Crippen LogP contribution < -0.4 is 4.99 Å². The average molecular weight is 137 g/mol. The van der Waals surface area contributed by atoms with Gasteiger partial charge in [-0.25, -0.2) is 4.98 Å². The second-order valence-electron chi connectivity index (χ2n) is 1.54. The van der Waals surface area contributed by atoms with Crippen LogP contribution in [0.5, 0.6) is 0 Å². The van der Waals surface area contributed by atoms with Crippen molar-refractivity contribution < 1.29 is 0 Å². The van der Waals surface area contributed by atoms with Gasteiger partial charge in [0.1, 0.15) is 0 Å². The van der Waals surface area contributed by atoms with Gasteiger partial charge in [0.2, 0.25) is 5.03 Å². The van der Waals surface area contributed by atoms with Gasteiger partial charge in [-0.15, -0.1) is 0 Å². The molecule has 1 aromatic rings. The number of hydrogen-bond acceptors (Lipinski definition) is 4. The predicted octanol–water partition coefficient (Wildman–Crippen LogP) is 0.578. The summed E-state index contributed by atoms with van der Waals surface area (Å²) in [6.45, 7) is 0. The Bertz CT molecular complexity index is 258. The number of hydrogen-bond donors (Lipinski definition) is 0. The molecule has 1 aromatic heterocycles. The van der Waals surface area contributed by atoms with Crippen LogP contribution in [0.15, 0.2) is 17.4 Å². The zero-order valence-corrected chi connectivity index (χ0v) is 5.30. The lowest BCUT2D eigenvalue weighted by atomic mass is 10.7. The first-order chi connectivity index (χ1) is 4.47. The van der Waals surface area contributed by atoms with Gasteiger partial charge in [-0.3, -0.25) is 0 Å². The SMILES string of the molecule is C1=[N+]c2nccnc2S1. The first-order valence-electron chi connectivity index (χ1n) is 2.47. The maximum absolute atomic E-state index is 4.03. The molecule has 0 amide bonds. The van der Waals surface area contributed by atoms with Crippen molar-refractivity contribution in [2.24, 2.45) is 0 Å². The summed E-state index contributed by atoms with van der Waals surface area (Å²) in [4.78, 5) is 12.0. The van der Waals surface area contributed by atoms with Crippen molar-refractivity contribution in [3.63, 3.8) is 0 Å². The van der Waals surface area contributed by atoms with E-state index in [2.05, 4.69) is 15.0 Å². The maximum Gasteiger partial charge on any atom is 0.397 e. The van der Waals surface area contributed by atoms with Crippen LogP contribution in [0, 0.1) is 0 Å². The Kier molecular flexibility index (Phi) is 0.989. The van der Waals surface area contributed by atoms with Gasteiger partial charge < -0.3 is 0 Å². The van der Waals surface area contributed by atoms with Gasteiger partial charge >= 0.3 is 5.82 Å². The van der Waals surface area contributed by atoms with Crippen molar-refractivity contribution in [1.82, 2.24) is 15.0 Å².